The van der Waals surface area contributed by atoms with Crippen molar-refractivity contribution in [2.45, 2.75) is 45.0 Å². The van der Waals surface area contributed by atoms with E-state index in [0.717, 1.165) is 12.0 Å². The number of aliphatic hydroxyl groups excluding tert-OH is 1. The zero-order valence-corrected chi connectivity index (χ0v) is 26.3. The molecule has 1 aliphatic rings. The van der Waals surface area contributed by atoms with E-state index in [1.165, 1.54) is 6.20 Å². The Morgan fingerprint density at radius 3 is 2.60 bits per heavy atom. The summed E-state index contributed by atoms with van der Waals surface area (Å²) >= 11 is 13.7. The molecule has 3 aromatic heterocycles. The molecule has 1 saturated heterocycles. The van der Waals surface area contributed by atoms with Crippen LogP contribution < -0.4 is 26.0 Å². The molecule has 5 rings (SSSR count). The number of hydrogen-bond donors (Lipinski definition) is 5. The second-order valence-corrected chi connectivity index (χ2v) is 11.5. The number of nitrogens with zero attached hydrogens (tertiary/aromatic N) is 3. The number of aliphatic hydroxyl groups is 1. The summed E-state index contributed by atoms with van der Waals surface area (Å²) in [6.07, 6.45) is 3.95. The number of pyridine rings is 3. The number of carbonyl (C=O) groups is 1. The van der Waals surface area contributed by atoms with Crippen molar-refractivity contribution in [2.24, 2.45) is 0 Å². The maximum Gasteiger partial charge on any atom is 0.220 e. The highest BCUT2D eigenvalue weighted by Crippen LogP contribution is 2.40. The Kier molecular flexibility index (Phi) is 10.8. The van der Waals surface area contributed by atoms with Gasteiger partial charge in [-0.1, -0.05) is 41.4 Å². The molecular formula is C32H34Cl2FN7O3. The smallest absolute Gasteiger partial charge is 0.220 e. The summed E-state index contributed by atoms with van der Waals surface area (Å²) in [6, 6.07) is 12.5. The molecule has 0 aliphatic carbocycles. The normalized spacial score (nSPS) is 15.2. The minimum atomic E-state index is -0.550. The van der Waals surface area contributed by atoms with Gasteiger partial charge in [-0.15, -0.1) is 0 Å². The minimum absolute atomic E-state index is 0.0112. The fourth-order valence-corrected chi connectivity index (χ4v) is 5.61. The third-order valence-electron chi connectivity index (χ3n) is 7.32. The summed E-state index contributed by atoms with van der Waals surface area (Å²) in [5, 5.41) is 22.4. The van der Waals surface area contributed by atoms with Gasteiger partial charge in [-0.2, -0.15) is 0 Å². The Balaban J connectivity index is 1.36. The first-order chi connectivity index (χ1) is 21.7. The molecule has 4 heterocycles. The highest BCUT2D eigenvalue weighted by molar-refractivity contribution is 6.39. The number of ether oxygens (including phenoxy) is 1. The topological polar surface area (TPSA) is 133 Å². The van der Waals surface area contributed by atoms with Crippen molar-refractivity contribution in [2.75, 3.05) is 25.5 Å². The highest BCUT2D eigenvalue weighted by atomic mass is 35.5. The number of aromatic nitrogens is 3. The van der Waals surface area contributed by atoms with E-state index in [0.29, 0.717) is 70.7 Å². The van der Waals surface area contributed by atoms with Crippen molar-refractivity contribution in [3.63, 3.8) is 0 Å². The maximum atomic E-state index is 15.2. The Labute approximate surface area is 270 Å². The standard InChI is InChI=1S/C32H34Cl2FN7O3/c1-18(43)14-36-15-19-10-12-39-31(29(19)35)41-25-5-3-4-23(27(25)33)30-28(34)22(11-13-38-30)24-8-6-20(32(42-24)45-2)16-37-17-21-7-9-26(44)40-21/h3-6,8,10-13,18,21,36-37,43H,7,9,14-17H2,1-2H3,(H,39,41)(H,40,44)/t18-,21-/m1/s1. The number of rotatable bonds is 13. The molecule has 0 unspecified atom stereocenters. The van der Waals surface area contributed by atoms with Crippen LogP contribution in [-0.4, -0.2) is 58.3 Å². The lowest BCUT2D eigenvalue weighted by Crippen LogP contribution is -2.35. The number of hydrogen-bond acceptors (Lipinski definition) is 9. The van der Waals surface area contributed by atoms with Crippen LogP contribution in [0.15, 0.2) is 54.9 Å². The Hall–Kier alpha value is -3.87. The van der Waals surface area contributed by atoms with Gasteiger partial charge in [0.1, 0.15) is 0 Å². The molecule has 236 valence electrons. The van der Waals surface area contributed by atoms with Crippen molar-refractivity contribution in [1.82, 2.24) is 30.9 Å². The van der Waals surface area contributed by atoms with E-state index < -0.39 is 11.9 Å². The molecule has 2 atom stereocenters. The molecule has 0 saturated carbocycles. The molecule has 45 heavy (non-hydrogen) atoms. The number of carbonyl (C=O) groups excluding carboxylic acids is 1. The molecule has 1 aromatic carbocycles. The molecule has 0 bridgehead atoms. The average molecular weight is 655 g/mol. The van der Waals surface area contributed by atoms with Crippen molar-refractivity contribution in [3.8, 4) is 28.4 Å². The van der Waals surface area contributed by atoms with Gasteiger partial charge in [0.05, 0.1) is 40.3 Å². The SMILES string of the molecule is COc1nc(-c2ccnc(-c3cccc(Nc4nccc(CNC[C@@H](C)O)c4F)c3Cl)c2Cl)ccc1CNC[C@H]1CCC(=O)N1. The number of amides is 1. The number of anilines is 2. The monoisotopic (exact) mass is 653 g/mol. The van der Waals surface area contributed by atoms with Crippen molar-refractivity contribution in [3.05, 3.63) is 81.8 Å². The van der Waals surface area contributed by atoms with Crippen molar-refractivity contribution < 1.29 is 19.0 Å². The van der Waals surface area contributed by atoms with Crippen LogP contribution in [-0.2, 0) is 17.9 Å². The molecule has 13 heteroatoms. The minimum Gasteiger partial charge on any atom is -0.481 e. The zero-order valence-electron chi connectivity index (χ0n) is 24.8. The van der Waals surface area contributed by atoms with Gasteiger partial charge in [0, 0.05) is 73.3 Å². The second kappa shape index (κ2) is 14.9. The van der Waals surface area contributed by atoms with Gasteiger partial charge in [0.2, 0.25) is 11.8 Å². The quantitative estimate of drug-likeness (QED) is 0.131. The number of nitrogens with one attached hydrogen (secondary N) is 4. The van der Waals surface area contributed by atoms with E-state index in [4.69, 9.17) is 32.9 Å². The Bertz CT molecular complexity index is 1670. The van der Waals surface area contributed by atoms with E-state index in [1.807, 2.05) is 12.1 Å². The predicted octanol–water partition coefficient (Wildman–Crippen LogP) is 5.24. The molecule has 10 nitrogen and oxygen atoms in total. The molecular weight excluding hydrogens is 620 g/mol. The lowest BCUT2D eigenvalue weighted by molar-refractivity contribution is -0.119. The third kappa shape index (κ3) is 7.86. The fourth-order valence-electron chi connectivity index (χ4n) is 5.03. The number of halogens is 3. The number of benzene rings is 1. The fraction of sp³-hybridized carbons (Fsp3) is 0.312. The van der Waals surface area contributed by atoms with Crippen LogP contribution in [0.4, 0.5) is 15.9 Å². The molecule has 0 spiro atoms. The van der Waals surface area contributed by atoms with E-state index in [1.54, 1.807) is 50.6 Å². The summed E-state index contributed by atoms with van der Waals surface area (Å²) in [7, 11) is 1.56. The van der Waals surface area contributed by atoms with Crippen LogP contribution in [0.5, 0.6) is 5.88 Å². The van der Waals surface area contributed by atoms with Crippen LogP contribution in [0, 0.1) is 5.82 Å². The Morgan fingerprint density at radius 1 is 1.04 bits per heavy atom. The summed E-state index contributed by atoms with van der Waals surface area (Å²) in [5.74, 6) is 0.0148. The lowest BCUT2D eigenvalue weighted by Gasteiger charge is -2.16. The molecule has 4 aromatic rings. The highest BCUT2D eigenvalue weighted by Gasteiger charge is 2.21. The first-order valence-electron chi connectivity index (χ1n) is 14.5. The Morgan fingerprint density at radius 2 is 1.84 bits per heavy atom. The van der Waals surface area contributed by atoms with Gasteiger partial charge in [-0.25, -0.2) is 14.4 Å². The number of methoxy groups -OCH3 is 1. The summed E-state index contributed by atoms with van der Waals surface area (Å²) in [6.45, 7) is 3.38. The van der Waals surface area contributed by atoms with Gasteiger partial charge in [0.25, 0.3) is 0 Å². The third-order valence-corrected chi connectivity index (χ3v) is 8.11. The summed E-state index contributed by atoms with van der Waals surface area (Å²) < 4.78 is 20.8. The van der Waals surface area contributed by atoms with E-state index in [-0.39, 0.29) is 29.3 Å². The van der Waals surface area contributed by atoms with Crippen LogP contribution in [0.1, 0.15) is 30.9 Å². The average Bonchev–Trinajstić information content (AvgIpc) is 3.45. The summed E-state index contributed by atoms with van der Waals surface area (Å²) in [4.78, 5) is 24.8. The molecule has 1 amide bonds. The van der Waals surface area contributed by atoms with Gasteiger partial charge >= 0.3 is 0 Å². The van der Waals surface area contributed by atoms with E-state index in [9.17, 15) is 9.90 Å². The first kappa shape index (κ1) is 32.5. The molecule has 1 aliphatic heterocycles. The lowest BCUT2D eigenvalue weighted by atomic mass is 10.1. The van der Waals surface area contributed by atoms with Crippen LogP contribution in [0.3, 0.4) is 0 Å². The van der Waals surface area contributed by atoms with E-state index >= 15 is 4.39 Å². The van der Waals surface area contributed by atoms with E-state index in [2.05, 4.69) is 31.2 Å². The van der Waals surface area contributed by atoms with Crippen molar-refractivity contribution >= 4 is 40.6 Å². The van der Waals surface area contributed by atoms with Gasteiger partial charge < -0.3 is 31.1 Å². The van der Waals surface area contributed by atoms with Crippen LogP contribution in [0.25, 0.3) is 22.5 Å². The van der Waals surface area contributed by atoms with Crippen LogP contribution in [0.2, 0.25) is 10.0 Å². The zero-order chi connectivity index (χ0) is 31.9. The van der Waals surface area contributed by atoms with Gasteiger partial charge in [0.15, 0.2) is 11.6 Å². The van der Waals surface area contributed by atoms with Gasteiger partial charge in [-0.05, 0) is 37.6 Å². The maximum absolute atomic E-state index is 15.2. The molecule has 0 radical (unpaired) electrons. The largest absolute Gasteiger partial charge is 0.481 e. The molecule has 5 N–H and O–H groups in total. The van der Waals surface area contributed by atoms with Crippen LogP contribution >= 0.6 is 23.2 Å². The second-order valence-electron chi connectivity index (χ2n) is 10.7. The molecule has 1 fully saturated rings. The summed E-state index contributed by atoms with van der Waals surface area (Å²) in [5.41, 5.74) is 3.86. The first-order valence-corrected chi connectivity index (χ1v) is 15.3. The van der Waals surface area contributed by atoms with Gasteiger partial charge in [-0.3, -0.25) is 9.78 Å². The predicted molar refractivity (Wildman–Crippen MR) is 173 cm³/mol. The van der Waals surface area contributed by atoms with Crippen molar-refractivity contribution in [1.29, 1.82) is 0 Å².